The summed E-state index contributed by atoms with van der Waals surface area (Å²) in [5, 5.41) is 3.41. The maximum absolute atomic E-state index is 5.31. The lowest BCUT2D eigenvalue weighted by Gasteiger charge is -2.10. The first-order valence-corrected chi connectivity index (χ1v) is 6.11. The van der Waals surface area contributed by atoms with Crippen molar-refractivity contribution < 1.29 is 4.74 Å². The Labute approximate surface area is 108 Å². The zero-order chi connectivity index (χ0) is 12.8. The van der Waals surface area contributed by atoms with E-state index >= 15 is 0 Å². The predicted molar refractivity (Wildman–Crippen MR) is 71.7 cm³/mol. The highest BCUT2D eigenvalue weighted by Gasteiger charge is 2.01. The number of aryl methyl sites for hydroxylation is 1. The second kappa shape index (κ2) is 6.21. The van der Waals surface area contributed by atoms with Gasteiger partial charge in [0.15, 0.2) is 0 Å². The molecule has 0 fully saturated rings. The standard InChI is InChI=1S/C14H19N3O/c1-12-16-8-10-17(12)9-7-15-11-13-5-3-4-6-14(13)18-2/h3-6,8,10,15H,7,9,11H2,1-2H3. The lowest BCUT2D eigenvalue weighted by Crippen LogP contribution is -2.20. The summed E-state index contributed by atoms with van der Waals surface area (Å²) in [5.41, 5.74) is 1.18. The van der Waals surface area contributed by atoms with E-state index in [-0.39, 0.29) is 0 Å². The highest BCUT2D eigenvalue weighted by molar-refractivity contribution is 5.32. The predicted octanol–water partition coefficient (Wildman–Crippen LogP) is 1.99. The lowest BCUT2D eigenvalue weighted by molar-refractivity contribution is 0.407. The van der Waals surface area contributed by atoms with Crippen LogP contribution in [0.1, 0.15) is 11.4 Å². The molecule has 0 amide bonds. The molecule has 2 rings (SSSR count). The van der Waals surface area contributed by atoms with Gasteiger partial charge in [0, 0.05) is 37.6 Å². The first-order valence-electron chi connectivity index (χ1n) is 6.11. The summed E-state index contributed by atoms with van der Waals surface area (Å²) >= 11 is 0. The maximum Gasteiger partial charge on any atom is 0.123 e. The minimum absolute atomic E-state index is 0.817. The van der Waals surface area contributed by atoms with Crippen LogP contribution in [0.5, 0.6) is 5.75 Å². The molecular formula is C14H19N3O. The second-order valence-electron chi connectivity index (χ2n) is 4.16. The van der Waals surface area contributed by atoms with Crippen LogP contribution in [0.3, 0.4) is 0 Å². The fourth-order valence-electron chi connectivity index (χ4n) is 1.91. The Kier molecular flexibility index (Phi) is 4.36. The number of nitrogens with zero attached hydrogens (tertiary/aromatic N) is 2. The van der Waals surface area contributed by atoms with Gasteiger partial charge in [0.1, 0.15) is 11.6 Å². The van der Waals surface area contributed by atoms with Gasteiger partial charge in [-0.05, 0) is 13.0 Å². The molecule has 0 atom stereocenters. The van der Waals surface area contributed by atoms with Gasteiger partial charge >= 0.3 is 0 Å². The van der Waals surface area contributed by atoms with E-state index in [1.54, 1.807) is 7.11 Å². The van der Waals surface area contributed by atoms with Crippen LogP contribution in [0, 0.1) is 6.92 Å². The number of aromatic nitrogens is 2. The topological polar surface area (TPSA) is 39.1 Å². The van der Waals surface area contributed by atoms with Crippen molar-refractivity contribution in [3.8, 4) is 5.75 Å². The smallest absolute Gasteiger partial charge is 0.123 e. The number of imidazole rings is 1. The van der Waals surface area contributed by atoms with Gasteiger partial charge in [-0.3, -0.25) is 0 Å². The fraction of sp³-hybridized carbons (Fsp3) is 0.357. The number of hydrogen-bond acceptors (Lipinski definition) is 3. The van der Waals surface area contributed by atoms with Crippen LogP contribution in [0.15, 0.2) is 36.7 Å². The Balaban J connectivity index is 1.80. The number of rotatable bonds is 6. The van der Waals surface area contributed by atoms with Gasteiger partial charge in [-0.15, -0.1) is 0 Å². The molecule has 0 unspecified atom stereocenters. The zero-order valence-corrected chi connectivity index (χ0v) is 10.9. The number of methoxy groups -OCH3 is 1. The third-order valence-electron chi connectivity index (χ3n) is 2.96. The molecule has 1 heterocycles. The summed E-state index contributed by atoms with van der Waals surface area (Å²) in [6.07, 6.45) is 3.83. The van der Waals surface area contributed by atoms with Crippen LogP contribution in [0.2, 0.25) is 0 Å². The van der Waals surface area contributed by atoms with E-state index < -0.39 is 0 Å². The number of benzene rings is 1. The molecule has 0 aliphatic heterocycles. The zero-order valence-electron chi connectivity index (χ0n) is 10.9. The van der Waals surface area contributed by atoms with E-state index in [2.05, 4.69) is 20.9 Å². The molecule has 0 bridgehead atoms. The highest BCUT2D eigenvalue weighted by Crippen LogP contribution is 2.16. The van der Waals surface area contributed by atoms with Gasteiger partial charge in [-0.25, -0.2) is 4.98 Å². The molecule has 0 saturated carbocycles. The molecule has 2 aromatic rings. The molecule has 4 nitrogen and oxygen atoms in total. The van der Waals surface area contributed by atoms with Crippen molar-refractivity contribution in [2.75, 3.05) is 13.7 Å². The monoisotopic (exact) mass is 245 g/mol. The molecular weight excluding hydrogens is 226 g/mol. The van der Waals surface area contributed by atoms with Crippen molar-refractivity contribution in [1.29, 1.82) is 0 Å². The Morgan fingerprint density at radius 1 is 1.33 bits per heavy atom. The van der Waals surface area contributed by atoms with Crippen molar-refractivity contribution in [1.82, 2.24) is 14.9 Å². The van der Waals surface area contributed by atoms with Gasteiger partial charge in [0.2, 0.25) is 0 Å². The van der Waals surface area contributed by atoms with Crippen LogP contribution in [0.25, 0.3) is 0 Å². The summed E-state index contributed by atoms with van der Waals surface area (Å²) in [4.78, 5) is 4.20. The summed E-state index contributed by atoms with van der Waals surface area (Å²) < 4.78 is 7.45. The van der Waals surface area contributed by atoms with E-state index in [1.165, 1.54) is 5.56 Å². The second-order valence-corrected chi connectivity index (χ2v) is 4.16. The van der Waals surface area contributed by atoms with E-state index in [9.17, 15) is 0 Å². The largest absolute Gasteiger partial charge is 0.496 e. The van der Waals surface area contributed by atoms with Crippen LogP contribution in [-0.2, 0) is 13.1 Å². The summed E-state index contributed by atoms with van der Waals surface area (Å²) in [6, 6.07) is 8.07. The molecule has 0 spiro atoms. The summed E-state index contributed by atoms with van der Waals surface area (Å²) in [7, 11) is 1.70. The quantitative estimate of drug-likeness (QED) is 0.791. The Morgan fingerprint density at radius 3 is 2.89 bits per heavy atom. The first-order chi connectivity index (χ1) is 8.81. The fourth-order valence-corrected chi connectivity index (χ4v) is 1.91. The third-order valence-corrected chi connectivity index (χ3v) is 2.96. The van der Waals surface area contributed by atoms with E-state index in [1.807, 2.05) is 37.5 Å². The minimum atomic E-state index is 0.817. The first kappa shape index (κ1) is 12.6. The van der Waals surface area contributed by atoms with Crippen molar-refractivity contribution in [3.05, 3.63) is 48.0 Å². The highest BCUT2D eigenvalue weighted by atomic mass is 16.5. The van der Waals surface area contributed by atoms with Gasteiger partial charge in [0.25, 0.3) is 0 Å². The molecule has 1 aromatic heterocycles. The minimum Gasteiger partial charge on any atom is -0.496 e. The SMILES string of the molecule is COc1ccccc1CNCCn1ccnc1C. The molecule has 0 aliphatic carbocycles. The van der Waals surface area contributed by atoms with Gasteiger partial charge < -0.3 is 14.6 Å². The van der Waals surface area contributed by atoms with E-state index in [4.69, 9.17) is 4.74 Å². The molecule has 0 radical (unpaired) electrons. The number of para-hydroxylation sites is 1. The average molecular weight is 245 g/mol. The Bertz CT molecular complexity index is 493. The van der Waals surface area contributed by atoms with Gasteiger partial charge in [-0.1, -0.05) is 18.2 Å². The molecule has 96 valence electrons. The van der Waals surface area contributed by atoms with E-state index in [0.717, 1.165) is 31.2 Å². The molecule has 1 N–H and O–H groups in total. The maximum atomic E-state index is 5.31. The molecule has 1 aromatic carbocycles. The van der Waals surface area contributed by atoms with Crippen LogP contribution in [0.4, 0.5) is 0 Å². The normalized spacial score (nSPS) is 10.6. The Morgan fingerprint density at radius 2 is 2.17 bits per heavy atom. The van der Waals surface area contributed by atoms with Gasteiger partial charge in [-0.2, -0.15) is 0 Å². The van der Waals surface area contributed by atoms with Crippen molar-refractivity contribution in [2.24, 2.45) is 0 Å². The summed E-state index contributed by atoms with van der Waals surface area (Å²) in [5.74, 6) is 1.98. The molecule has 18 heavy (non-hydrogen) atoms. The molecule has 0 saturated heterocycles. The third kappa shape index (κ3) is 3.11. The van der Waals surface area contributed by atoms with Crippen LogP contribution < -0.4 is 10.1 Å². The lowest BCUT2D eigenvalue weighted by atomic mass is 10.2. The number of hydrogen-bond donors (Lipinski definition) is 1. The van der Waals surface area contributed by atoms with Crippen LogP contribution in [-0.4, -0.2) is 23.2 Å². The van der Waals surface area contributed by atoms with Crippen molar-refractivity contribution in [3.63, 3.8) is 0 Å². The van der Waals surface area contributed by atoms with Crippen LogP contribution >= 0.6 is 0 Å². The molecule has 4 heteroatoms. The number of nitrogens with one attached hydrogen (secondary N) is 1. The van der Waals surface area contributed by atoms with E-state index in [0.29, 0.717) is 0 Å². The Hall–Kier alpha value is -1.81. The number of ether oxygens (including phenoxy) is 1. The average Bonchev–Trinajstić information content (AvgIpc) is 2.81. The molecule has 0 aliphatic rings. The summed E-state index contributed by atoms with van der Waals surface area (Å²) in [6.45, 7) is 4.67. The van der Waals surface area contributed by atoms with Gasteiger partial charge in [0.05, 0.1) is 7.11 Å². The van der Waals surface area contributed by atoms with Crippen molar-refractivity contribution >= 4 is 0 Å². The van der Waals surface area contributed by atoms with Crippen molar-refractivity contribution in [2.45, 2.75) is 20.0 Å².